The third-order valence-corrected chi connectivity index (χ3v) is 9.36. The summed E-state index contributed by atoms with van der Waals surface area (Å²) < 4.78 is 4.77. The van der Waals surface area contributed by atoms with Gasteiger partial charge in [-0.2, -0.15) is 0 Å². The maximum Gasteiger partial charge on any atom is 0.0541 e. The molecule has 0 bridgehead atoms. The van der Waals surface area contributed by atoms with E-state index in [1.165, 1.54) is 66.1 Å². The van der Waals surface area contributed by atoms with Gasteiger partial charge < -0.3 is 9.13 Å². The van der Waals surface area contributed by atoms with E-state index < -0.39 is 0 Å². The molecule has 0 radical (unpaired) electrons. The lowest BCUT2D eigenvalue weighted by Crippen LogP contribution is -1.96. The Kier molecular flexibility index (Phi) is 6.84. The van der Waals surface area contributed by atoms with Crippen molar-refractivity contribution in [1.82, 2.24) is 9.13 Å². The minimum Gasteiger partial charge on any atom is -0.309 e. The number of aromatic nitrogens is 2. The Hall–Kier alpha value is -6.38. The van der Waals surface area contributed by atoms with Gasteiger partial charge in [0.1, 0.15) is 0 Å². The third-order valence-electron chi connectivity index (χ3n) is 9.36. The van der Waals surface area contributed by atoms with E-state index in [0.717, 1.165) is 11.1 Å². The maximum absolute atomic E-state index is 2.38. The van der Waals surface area contributed by atoms with Crippen LogP contribution in [0, 0.1) is 0 Å². The normalized spacial score (nSPS) is 12.0. The van der Waals surface area contributed by atoms with Crippen molar-refractivity contribution in [2.24, 2.45) is 0 Å². The van der Waals surface area contributed by atoms with Gasteiger partial charge in [0.25, 0.3) is 0 Å². The second kappa shape index (κ2) is 11.8. The monoisotopic (exact) mass is 612 g/mol. The molecule has 2 aromatic heterocycles. The van der Waals surface area contributed by atoms with E-state index in [0.29, 0.717) is 0 Å². The molecule has 2 nitrogen and oxygen atoms in total. The molecule has 9 aromatic rings. The molecule has 0 aliphatic heterocycles. The first-order valence-corrected chi connectivity index (χ1v) is 16.4. The summed E-state index contributed by atoms with van der Waals surface area (Å²) in [5.74, 6) is 0. The quantitative estimate of drug-likeness (QED) is 0.165. The highest BCUT2D eigenvalue weighted by Crippen LogP contribution is 2.35. The largest absolute Gasteiger partial charge is 0.309 e. The van der Waals surface area contributed by atoms with E-state index in [2.05, 4.69) is 203 Å². The minimum absolute atomic E-state index is 1.16. The zero-order valence-corrected chi connectivity index (χ0v) is 26.4. The highest BCUT2D eigenvalue weighted by atomic mass is 15.0. The lowest BCUT2D eigenvalue weighted by Gasteiger charge is -2.11. The Bertz CT molecular complexity index is 2370. The molecule has 48 heavy (non-hydrogen) atoms. The molecule has 0 atom stereocenters. The summed E-state index contributed by atoms with van der Waals surface area (Å²) in [6, 6.07) is 60.7. The van der Waals surface area contributed by atoms with Gasteiger partial charge in [-0.1, -0.05) is 158 Å². The Balaban J connectivity index is 1.02. The Labute approximate surface area is 279 Å². The van der Waals surface area contributed by atoms with Crippen LogP contribution in [0.25, 0.3) is 79.3 Å². The number of benzene rings is 7. The van der Waals surface area contributed by atoms with E-state index in [1.54, 1.807) is 0 Å². The smallest absolute Gasteiger partial charge is 0.0541 e. The van der Waals surface area contributed by atoms with Crippen molar-refractivity contribution in [2.75, 3.05) is 0 Å². The average Bonchev–Trinajstić information content (AvgIpc) is 3.67. The van der Waals surface area contributed by atoms with Crippen molar-refractivity contribution in [3.63, 3.8) is 0 Å². The predicted octanol–water partition coefficient (Wildman–Crippen LogP) is 12.2. The van der Waals surface area contributed by atoms with Gasteiger partial charge in [0.05, 0.1) is 33.4 Å². The third kappa shape index (κ3) is 4.74. The van der Waals surface area contributed by atoms with Gasteiger partial charge in [-0.15, -0.1) is 0 Å². The van der Waals surface area contributed by atoms with Crippen LogP contribution in [-0.4, -0.2) is 9.13 Å². The molecular weight excluding hydrogens is 581 g/mol. The molecule has 0 aliphatic rings. The molecule has 0 spiro atoms. The molecule has 7 aromatic carbocycles. The first-order chi connectivity index (χ1) is 23.8. The van der Waals surface area contributed by atoms with Crippen molar-refractivity contribution in [3.05, 3.63) is 192 Å². The first-order valence-electron chi connectivity index (χ1n) is 16.4. The van der Waals surface area contributed by atoms with Crippen LogP contribution in [0.15, 0.2) is 170 Å². The van der Waals surface area contributed by atoms with Crippen LogP contribution in [0.1, 0.15) is 22.3 Å². The van der Waals surface area contributed by atoms with Gasteiger partial charge in [0.15, 0.2) is 0 Å². The summed E-state index contributed by atoms with van der Waals surface area (Å²) in [4.78, 5) is 0. The second-order valence-corrected chi connectivity index (χ2v) is 12.2. The fourth-order valence-corrected chi connectivity index (χ4v) is 7.12. The van der Waals surface area contributed by atoms with Gasteiger partial charge in [0.2, 0.25) is 0 Å². The molecule has 0 saturated carbocycles. The summed E-state index contributed by atoms with van der Waals surface area (Å²) in [5, 5.41) is 5.09. The van der Waals surface area contributed by atoms with Crippen LogP contribution >= 0.6 is 0 Å². The van der Waals surface area contributed by atoms with Crippen molar-refractivity contribution < 1.29 is 0 Å². The van der Waals surface area contributed by atoms with Crippen molar-refractivity contribution in [1.29, 1.82) is 0 Å². The van der Waals surface area contributed by atoms with E-state index >= 15 is 0 Å². The summed E-state index contributed by atoms with van der Waals surface area (Å²) >= 11 is 0. The zero-order chi connectivity index (χ0) is 31.9. The molecule has 2 heteroatoms. The minimum atomic E-state index is 1.16. The van der Waals surface area contributed by atoms with Crippen LogP contribution in [0.2, 0.25) is 0 Å². The van der Waals surface area contributed by atoms with Gasteiger partial charge in [-0.05, 0) is 58.7 Å². The summed E-state index contributed by atoms with van der Waals surface area (Å²) in [6.07, 6.45) is 8.87. The molecule has 0 N–H and O–H groups in total. The first kappa shape index (κ1) is 27.9. The topological polar surface area (TPSA) is 9.86 Å². The van der Waals surface area contributed by atoms with Crippen molar-refractivity contribution >= 4 is 67.9 Å². The SMILES string of the molecule is C(=Cc1ccccc1-n1c2ccccc2c2ccccc21)c1ccc(C=Cc2ccccc2-n2c3ccccc3c3ccccc32)cc1. The van der Waals surface area contributed by atoms with Crippen LogP contribution < -0.4 is 0 Å². The number of hydrogen-bond acceptors (Lipinski definition) is 0. The van der Waals surface area contributed by atoms with Crippen LogP contribution in [0.4, 0.5) is 0 Å². The molecule has 0 aliphatic carbocycles. The number of para-hydroxylation sites is 6. The van der Waals surface area contributed by atoms with E-state index in [1.807, 2.05) is 0 Å². The van der Waals surface area contributed by atoms with Crippen LogP contribution in [0.3, 0.4) is 0 Å². The van der Waals surface area contributed by atoms with Crippen molar-refractivity contribution in [2.45, 2.75) is 0 Å². The predicted molar refractivity (Wildman–Crippen MR) is 206 cm³/mol. The highest BCUT2D eigenvalue weighted by Gasteiger charge is 2.14. The molecule has 0 amide bonds. The van der Waals surface area contributed by atoms with E-state index in [9.17, 15) is 0 Å². The van der Waals surface area contributed by atoms with Gasteiger partial charge in [-0.25, -0.2) is 0 Å². The Morgan fingerprint density at radius 3 is 0.917 bits per heavy atom. The number of nitrogens with zero attached hydrogens (tertiary/aromatic N) is 2. The standard InChI is InChI=1S/C46H32N2/c1-7-19-41(47-43-21-9-3-15-37(43)38-16-4-10-22-44(38)47)35(13-1)31-29-33-25-27-34(28-26-33)30-32-36-14-2-8-20-42(36)48-45-23-11-5-17-39(45)40-18-6-12-24-46(40)48/h1-32H. The number of rotatable bonds is 6. The molecule has 2 heterocycles. The fraction of sp³-hybridized carbons (Fsp3) is 0. The van der Waals surface area contributed by atoms with Crippen LogP contribution in [0.5, 0.6) is 0 Å². The summed E-state index contributed by atoms with van der Waals surface area (Å²) in [6.45, 7) is 0. The molecule has 226 valence electrons. The molecule has 9 rings (SSSR count). The van der Waals surface area contributed by atoms with E-state index in [4.69, 9.17) is 0 Å². The zero-order valence-electron chi connectivity index (χ0n) is 26.4. The van der Waals surface area contributed by atoms with E-state index in [-0.39, 0.29) is 0 Å². The van der Waals surface area contributed by atoms with Gasteiger partial charge >= 0.3 is 0 Å². The molecular formula is C46H32N2. The second-order valence-electron chi connectivity index (χ2n) is 12.2. The number of hydrogen-bond donors (Lipinski definition) is 0. The highest BCUT2D eigenvalue weighted by molar-refractivity contribution is 6.10. The Morgan fingerprint density at radius 2 is 0.562 bits per heavy atom. The summed E-state index contributed by atoms with van der Waals surface area (Å²) in [7, 11) is 0. The maximum atomic E-state index is 2.38. The molecule has 0 saturated heterocycles. The molecule has 0 fully saturated rings. The van der Waals surface area contributed by atoms with Gasteiger partial charge in [0, 0.05) is 21.5 Å². The van der Waals surface area contributed by atoms with Gasteiger partial charge in [-0.3, -0.25) is 0 Å². The summed E-state index contributed by atoms with van der Waals surface area (Å²) in [5.41, 5.74) is 11.9. The average molecular weight is 613 g/mol. The number of fused-ring (bicyclic) bond motifs is 6. The lowest BCUT2D eigenvalue weighted by molar-refractivity contribution is 1.17. The fourth-order valence-electron chi connectivity index (χ4n) is 7.12. The lowest BCUT2D eigenvalue weighted by atomic mass is 10.1. The van der Waals surface area contributed by atoms with Crippen molar-refractivity contribution in [3.8, 4) is 11.4 Å². The molecule has 0 unspecified atom stereocenters. The Morgan fingerprint density at radius 1 is 0.271 bits per heavy atom. The van der Waals surface area contributed by atoms with Crippen LogP contribution in [-0.2, 0) is 0 Å².